The van der Waals surface area contributed by atoms with Crippen LogP contribution < -0.4 is 0 Å². The van der Waals surface area contributed by atoms with Crippen molar-refractivity contribution in [3.05, 3.63) is 0 Å². The van der Waals surface area contributed by atoms with Gasteiger partial charge in [0.15, 0.2) is 0 Å². The molecule has 0 rings (SSSR count). The van der Waals surface area contributed by atoms with E-state index in [1.54, 1.807) is 0 Å². The average molecular weight is 139 g/mol. The van der Waals surface area contributed by atoms with Gasteiger partial charge in [0.25, 0.3) is 0 Å². The monoisotopic (exact) mass is 138 g/mol. The molecule has 6 heavy (non-hydrogen) atoms. The molecule has 0 aliphatic carbocycles. The second kappa shape index (κ2) is 2.83. The molecule has 0 nitrogen and oxygen atoms in total. The van der Waals surface area contributed by atoms with E-state index in [-0.39, 0.29) is 8.31 Å². The molecule has 0 saturated heterocycles. The van der Waals surface area contributed by atoms with Gasteiger partial charge in [-0.2, -0.15) is 11.1 Å². The van der Waals surface area contributed by atoms with Crippen LogP contribution in [0.4, 0.5) is 0 Å². The van der Waals surface area contributed by atoms with Crippen molar-refractivity contribution >= 4 is 27.0 Å². The van der Waals surface area contributed by atoms with Gasteiger partial charge in [-0.3, -0.25) is 0 Å². The summed E-state index contributed by atoms with van der Waals surface area (Å²) in [6, 6.07) is 0. The van der Waals surface area contributed by atoms with Gasteiger partial charge in [-0.05, 0) is 0 Å². The Labute approximate surface area is 47.2 Å². The maximum atomic E-state index is 5.81. The summed E-state index contributed by atoms with van der Waals surface area (Å²) in [6.45, 7) is 6.83. The quantitative estimate of drug-likeness (QED) is 0.377. The van der Waals surface area contributed by atoms with Crippen LogP contribution in [-0.4, -0.2) is 15.9 Å². The minimum absolute atomic E-state index is 0.340. The summed E-state index contributed by atoms with van der Waals surface area (Å²) in [5.41, 5.74) is 0. The first-order valence-electron chi connectivity index (χ1n) is 2.28. The highest BCUT2D eigenvalue weighted by atomic mass is 35.6. The van der Waals surface area contributed by atoms with Crippen LogP contribution in [0.15, 0.2) is 0 Å². The first kappa shape index (κ1) is 6.72. The fourth-order valence-electron chi connectivity index (χ4n) is 0. The zero-order valence-electron chi connectivity index (χ0n) is 4.53. The van der Waals surface area contributed by atoms with E-state index in [0.717, 1.165) is 0 Å². The van der Waals surface area contributed by atoms with Crippen molar-refractivity contribution in [2.75, 3.05) is 0 Å². The Balaban J connectivity index is 2.99. The molecular formula is C3H11ClSi2. The Morgan fingerprint density at radius 1 is 1.17 bits per heavy atom. The average Bonchev–Trinajstić information content (AvgIpc) is 1.36. The molecule has 0 aromatic heterocycles. The Hall–Kier alpha value is 0.724. The van der Waals surface area contributed by atoms with Gasteiger partial charge in [0.2, 0.25) is 0 Å². The van der Waals surface area contributed by atoms with Crippen LogP contribution in [0.1, 0.15) is 0 Å². The molecule has 0 bridgehead atoms. The van der Waals surface area contributed by atoms with Crippen LogP contribution in [0.5, 0.6) is 0 Å². The molecule has 0 aliphatic heterocycles. The van der Waals surface area contributed by atoms with E-state index in [9.17, 15) is 0 Å². The van der Waals surface area contributed by atoms with Crippen molar-refractivity contribution in [2.24, 2.45) is 0 Å². The molecule has 0 heterocycles. The maximum Gasteiger partial charge on any atom is 0.125 e. The Morgan fingerprint density at radius 3 is 1.33 bits per heavy atom. The third-order valence-corrected chi connectivity index (χ3v) is 12.8. The minimum atomic E-state index is -0.633. The number of hydrogen-bond donors (Lipinski definition) is 0. The predicted octanol–water partition coefficient (Wildman–Crippen LogP) is 1.14. The normalized spacial score (nSPS) is 15.5. The van der Waals surface area contributed by atoms with E-state index in [2.05, 4.69) is 19.6 Å². The van der Waals surface area contributed by atoms with Crippen LogP contribution >= 0.6 is 11.1 Å². The third-order valence-electron chi connectivity index (χ3n) is 0.919. The molecule has 0 aromatic rings. The van der Waals surface area contributed by atoms with Gasteiger partial charge in [-0.1, -0.05) is 19.6 Å². The van der Waals surface area contributed by atoms with Crippen molar-refractivity contribution in [2.45, 2.75) is 19.6 Å². The largest absolute Gasteiger partial charge is 0.176 e. The lowest BCUT2D eigenvalue weighted by Crippen LogP contribution is -2.18. The van der Waals surface area contributed by atoms with E-state index in [4.69, 9.17) is 11.1 Å². The summed E-state index contributed by atoms with van der Waals surface area (Å²) >= 11 is 5.81. The van der Waals surface area contributed by atoms with Gasteiger partial charge >= 0.3 is 0 Å². The Bertz CT molecular complexity index is 29.8. The molecule has 0 saturated carbocycles. The zero-order chi connectivity index (χ0) is 5.15. The van der Waals surface area contributed by atoms with Gasteiger partial charge in [0, 0.05) is 8.31 Å². The van der Waals surface area contributed by atoms with E-state index in [1.807, 2.05) is 0 Å². The highest BCUT2D eigenvalue weighted by Gasteiger charge is 2.03. The second-order valence-corrected chi connectivity index (χ2v) is 16.1. The van der Waals surface area contributed by atoms with Gasteiger partial charge in [0.05, 0.1) is 0 Å². The molecule has 0 fully saturated rings. The van der Waals surface area contributed by atoms with E-state index < -0.39 is 7.62 Å². The van der Waals surface area contributed by atoms with Crippen molar-refractivity contribution in [1.82, 2.24) is 0 Å². The first-order chi connectivity index (χ1) is 2.64. The van der Waals surface area contributed by atoms with Crippen LogP contribution in [0.25, 0.3) is 0 Å². The van der Waals surface area contributed by atoms with Crippen LogP contribution in [0.2, 0.25) is 19.6 Å². The molecule has 3 heteroatoms. The Morgan fingerprint density at radius 2 is 1.33 bits per heavy atom. The molecule has 1 atom stereocenters. The predicted molar refractivity (Wildman–Crippen MR) is 37.7 cm³/mol. The lowest BCUT2D eigenvalue weighted by Gasteiger charge is -1.98. The molecular weight excluding hydrogens is 128 g/mol. The highest BCUT2D eigenvalue weighted by Crippen LogP contribution is 1.92. The Kier molecular flexibility index (Phi) is 3.17. The maximum absolute atomic E-state index is 5.81. The molecule has 0 radical (unpaired) electrons. The summed E-state index contributed by atoms with van der Waals surface area (Å²) in [5.74, 6) is 0. The molecule has 0 aliphatic rings. The van der Waals surface area contributed by atoms with Crippen LogP contribution in [0.3, 0.4) is 0 Å². The third kappa shape index (κ3) is 2.94. The summed E-state index contributed by atoms with van der Waals surface area (Å²) in [5, 5.41) is 0. The smallest absolute Gasteiger partial charge is 0.125 e. The number of hydrogen-bond acceptors (Lipinski definition) is 0. The van der Waals surface area contributed by atoms with Crippen LogP contribution in [-0.2, 0) is 0 Å². The van der Waals surface area contributed by atoms with Crippen molar-refractivity contribution < 1.29 is 0 Å². The molecule has 0 amide bonds. The van der Waals surface area contributed by atoms with Gasteiger partial charge < -0.3 is 0 Å². The zero-order valence-corrected chi connectivity index (χ0v) is 7.60. The first-order valence-corrected chi connectivity index (χ1v) is 10.2. The fraction of sp³-hybridized carbons (Fsp3) is 1.00. The standard InChI is InChI=1S/C3H11ClSi2/c1-5(2)6(3)4/h5-6H,1-3H3. The lowest BCUT2D eigenvalue weighted by atomic mass is 11.9. The summed E-state index contributed by atoms with van der Waals surface area (Å²) in [6.07, 6.45) is 0. The summed E-state index contributed by atoms with van der Waals surface area (Å²) in [7, 11) is -0.972. The van der Waals surface area contributed by atoms with Crippen LogP contribution in [0, 0.1) is 0 Å². The van der Waals surface area contributed by atoms with Crippen molar-refractivity contribution in [3.63, 3.8) is 0 Å². The number of rotatable bonds is 1. The summed E-state index contributed by atoms with van der Waals surface area (Å²) in [4.78, 5) is 0. The highest BCUT2D eigenvalue weighted by molar-refractivity contribution is 7.42. The van der Waals surface area contributed by atoms with Gasteiger partial charge in [-0.25, -0.2) is 0 Å². The minimum Gasteiger partial charge on any atom is -0.176 e. The lowest BCUT2D eigenvalue weighted by molar-refractivity contribution is 2.06. The summed E-state index contributed by atoms with van der Waals surface area (Å²) < 4.78 is 0. The van der Waals surface area contributed by atoms with E-state index >= 15 is 0 Å². The molecule has 0 aromatic carbocycles. The fourth-order valence-corrected chi connectivity index (χ4v) is 0. The topological polar surface area (TPSA) is 0 Å². The second-order valence-electron chi connectivity index (χ2n) is 1.92. The van der Waals surface area contributed by atoms with E-state index in [1.165, 1.54) is 0 Å². The molecule has 0 N–H and O–H groups in total. The van der Waals surface area contributed by atoms with Gasteiger partial charge in [-0.15, -0.1) is 0 Å². The van der Waals surface area contributed by atoms with Gasteiger partial charge in [0.1, 0.15) is 7.62 Å². The molecule has 0 spiro atoms. The SMILES string of the molecule is C[SiH](C)[SiH](C)Cl. The number of halogens is 1. The molecule has 1 unspecified atom stereocenters. The van der Waals surface area contributed by atoms with E-state index in [0.29, 0.717) is 0 Å². The van der Waals surface area contributed by atoms with Crippen molar-refractivity contribution in [3.8, 4) is 0 Å². The van der Waals surface area contributed by atoms with Crippen molar-refractivity contribution in [1.29, 1.82) is 0 Å². The molecule has 38 valence electrons.